The molecule has 1 rings (SSSR count). The number of rotatable bonds is 4. The quantitative estimate of drug-likeness (QED) is 0.857. The van der Waals surface area contributed by atoms with Crippen molar-refractivity contribution < 1.29 is 9.50 Å². The zero-order valence-electron chi connectivity index (χ0n) is 9.61. The molecule has 1 aromatic carbocycles. The van der Waals surface area contributed by atoms with E-state index in [9.17, 15) is 9.50 Å². The van der Waals surface area contributed by atoms with Crippen molar-refractivity contribution in [2.24, 2.45) is 11.7 Å². The molecule has 16 heavy (non-hydrogen) atoms. The van der Waals surface area contributed by atoms with Crippen LogP contribution < -0.4 is 5.73 Å². The second-order valence-corrected chi connectivity index (χ2v) is 4.28. The highest BCUT2D eigenvalue weighted by atomic mass is 35.5. The molecule has 4 heteroatoms. The summed E-state index contributed by atoms with van der Waals surface area (Å²) in [6.45, 7) is 4.22. The van der Waals surface area contributed by atoms with Crippen molar-refractivity contribution in [3.05, 3.63) is 29.6 Å². The van der Waals surface area contributed by atoms with Crippen molar-refractivity contribution in [1.82, 2.24) is 0 Å². The van der Waals surface area contributed by atoms with Gasteiger partial charge in [0.15, 0.2) is 0 Å². The molecule has 0 saturated carbocycles. The Morgan fingerprint density at radius 2 is 1.94 bits per heavy atom. The number of hydrogen-bond donors (Lipinski definition) is 2. The van der Waals surface area contributed by atoms with E-state index in [-0.39, 0.29) is 30.0 Å². The summed E-state index contributed by atoms with van der Waals surface area (Å²) in [5.41, 5.74) is 6.38. The minimum absolute atomic E-state index is 0. The van der Waals surface area contributed by atoms with Gasteiger partial charge in [-0.1, -0.05) is 13.8 Å². The van der Waals surface area contributed by atoms with Crippen molar-refractivity contribution in [2.45, 2.75) is 32.7 Å². The van der Waals surface area contributed by atoms with Gasteiger partial charge in [0.25, 0.3) is 0 Å². The van der Waals surface area contributed by atoms with Crippen LogP contribution in [0.15, 0.2) is 18.2 Å². The van der Waals surface area contributed by atoms with Crippen LogP contribution in [-0.2, 0) is 0 Å². The number of phenolic OH excluding ortho intramolecular Hbond substituents is 1. The van der Waals surface area contributed by atoms with Gasteiger partial charge < -0.3 is 10.8 Å². The van der Waals surface area contributed by atoms with Gasteiger partial charge in [-0.05, 0) is 37.0 Å². The molecular weight excluding hydrogens is 229 g/mol. The molecule has 0 amide bonds. The lowest BCUT2D eigenvalue weighted by Crippen LogP contribution is -2.11. The van der Waals surface area contributed by atoms with Crippen LogP contribution in [0.3, 0.4) is 0 Å². The molecule has 0 unspecified atom stereocenters. The fraction of sp³-hybridized carbons (Fsp3) is 0.500. The molecule has 0 aliphatic carbocycles. The van der Waals surface area contributed by atoms with Crippen LogP contribution in [0.2, 0.25) is 0 Å². The van der Waals surface area contributed by atoms with Crippen molar-refractivity contribution in [1.29, 1.82) is 0 Å². The van der Waals surface area contributed by atoms with Crippen molar-refractivity contribution in [3.63, 3.8) is 0 Å². The van der Waals surface area contributed by atoms with E-state index in [1.165, 1.54) is 18.2 Å². The maximum Gasteiger partial charge on any atom is 0.123 e. The maximum atomic E-state index is 12.9. The van der Waals surface area contributed by atoms with Gasteiger partial charge in [-0.15, -0.1) is 12.4 Å². The van der Waals surface area contributed by atoms with Crippen LogP contribution in [0, 0.1) is 11.7 Å². The van der Waals surface area contributed by atoms with E-state index in [0.717, 1.165) is 12.8 Å². The molecule has 1 aromatic rings. The van der Waals surface area contributed by atoms with E-state index >= 15 is 0 Å². The standard InChI is InChI=1S/C12H18FNO.ClH/c1-8(2)3-5-11(14)10-7-9(13)4-6-12(10)15;/h4,6-8,11,15H,3,5,14H2,1-2H3;1H/t11-;/m1./s1. The maximum absolute atomic E-state index is 12.9. The summed E-state index contributed by atoms with van der Waals surface area (Å²) in [5, 5.41) is 9.52. The average molecular weight is 248 g/mol. The van der Waals surface area contributed by atoms with E-state index < -0.39 is 0 Å². The van der Waals surface area contributed by atoms with Gasteiger partial charge in [0, 0.05) is 11.6 Å². The molecule has 2 nitrogen and oxygen atoms in total. The Kier molecular flexibility index (Phi) is 6.38. The first-order valence-electron chi connectivity index (χ1n) is 5.24. The predicted octanol–water partition coefficient (Wildman–Crippen LogP) is 3.39. The predicted molar refractivity (Wildman–Crippen MR) is 66.3 cm³/mol. The fourth-order valence-corrected chi connectivity index (χ4v) is 1.49. The Labute approximate surface area is 102 Å². The summed E-state index contributed by atoms with van der Waals surface area (Å²) in [6.07, 6.45) is 1.73. The van der Waals surface area contributed by atoms with Gasteiger partial charge in [-0.3, -0.25) is 0 Å². The van der Waals surface area contributed by atoms with Gasteiger partial charge in [0.05, 0.1) is 0 Å². The minimum Gasteiger partial charge on any atom is -0.508 e. The Morgan fingerprint density at radius 1 is 1.31 bits per heavy atom. The van der Waals surface area contributed by atoms with Crippen LogP contribution in [0.25, 0.3) is 0 Å². The summed E-state index contributed by atoms with van der Waals surface area (Å²) in [6, 6.07) is 3.59. The van der Waals surface area contributed by atoms with E-state index in [2.05, 4.69) is 13.8 Å². The highest BCUT2D eigenvalue weighted by Crippen LogP contribution is 2.27. The van der Waals surface area contributed by atoms with Gasteiger partial charge >= 0.3 is 0 Å². The molecule has 0 saturated heterocycles. The van der Waals surface area contributed by atoms with E-state index in [4.69, 9.17) is 5.73 Å². The van der Waals surface area contributed by atoms with Crippen molar-refractivity contribution >= 4 is 12.4 Å². The summed E-state index contributed by atoms with van der Waals surface area (Å²) in [4.78, 5) is 0. The average Bonchev–Trinajstić information content (AvgIpc) is 2.18. The number of phenols is 1. The van der Waals surface area contributed by atoms with Crippen LogP contribution >= 0.6 is 12.4 Å². The molecule has 0 fully saturated rings. The third kappa shape index (κ3) is 4.37. The number of nitrogens with two attached hydrogens (primary N) is 1. The molecule has 0 aromatic heterocycles. The van der Waals surface area contributed by atoms with Gasteiger partial charge in [0.1, 0.15) is 11.6 Å². The van der Waals surface area contributed by atoms with E-state index in [1.54, 1.807) is 0 Å². The molecule has 1 atom stereocenters. The largest absolute Gasteiger partial charge is 0.508 e. The molecule has 92 valence electrons. The second kappa shape index (κ2) is 6.71. The van der Waals surface area contributed by atoms with Crippen molar-refractivity contribution in [2.75, 3.05) is 0 Å². The lowest BCUT2D eigenvalue weighted by atomic mass is 9.98. The van der Waals surface area contributed by atoms with E-state index in [1.807, 2.05) is 0 Å². The Balaban J connectivity index is 0.00000225. The van der Waals surface area contributed by atoms with Crippen molar-refractivity contribution in [3.8, 4) is 5.75 Å². The van der Waals surface area contributed by atoms with Crippen LogP contribution in [-0.4, -0.2) is 5.11 Å². The SMILES string of the molecule is CC(C)CC[C@@H](N)c1cc(F)ccc1O.Cl. The zero-order chi connectivity index (χ0) is 11.4. The third-order valence-electron chi connectivity index (χ3n) is 2.44. The minimum atomic E-state index is -0.359. The summed E-state index contributed by atoms with van der Waals surface area (Å²) >= 11 is 0. The summed E-state index contributed by atoms with van der Waals surface area (Å²) in [7, 11) is 0. The third-order valence-corrected chi connectivity index (χ3v) is 2.44. The molecule has 0 spiro atoms. The number of aromatic hydroxyl groups is 1. The molecule has 0 aliphatic rings. The van der Waals surface area contributed by atoms with E-state index in [0.29, 0.717) is 11.5 Å². The molecule has 0 radical (unpaired) electrons. The van der Waals surface area contributed by atoms with Crippen LogP contribution in [0.4, 0.5) is 4.39 Å². The highest BCUT2D eigenvalue weighted by molar-refractivity contribution is 5.85. The van der Waals surface area contributed by atoms with Gasteiger partial charge in [0.2, 0.25) is 0 Å². The first-order valence-corrected chi connectivity index (χ1v) is 5.24. The number of halogens is 2. The Morgan fingerprint density at radius 3 is 2.50 bits per heavy atom. The monoisotopic (exact) mass is 247 g/mol. The van der Waals surface area contributed by atoms with Crippen LogP contribution in [0.1, 0.15) is 38.3 Å². The summed E-state index contributed by atoms with van der Waals surface area (Å²) < 4.78 is 12.9. The van der Waals surface area contributed by atoms with Gasteiger partial charge in [-0.25, -0.2) is 4.39 Å². The first kappa shape index (κ1) is 15.2. The second-order valence-electron chi connectivity index (χ2n) is 4.28. The molecule has 0 bridgehead atoms. The lowest BCUT2D eigenvalue weighted by molar-refractivity contribution is 0.445. The fourth-order valence-electron chi connectivity index (χ4n) is 1.49. The normalized spacial score (nSPS) is 12.3. The molecular formula is C12H19ClFNO. The number of hydrogen-bond acceptors (Lipinski definition) is 2. The molecule has 0 heterocycles. The smallest absolute Gasteiger partial charge is 0.123 e. The highest BCUT2D eigenvalue weighted by Gasteiger charge is 2.12. The van der Waals surface area contributed by atoms with Crippen LogP contribution in [0.5, 0.6) is 5.75 Å². The Hall–Kier alpha value is -0.800. The topological polar surface area (TPSA) is 46.2 Å². The summed E-state index contributed by atoms with van der Waals surface area (Å²) in [5.74, 6) is 0.280. The lowest BCUT2D eigenvalue weighted by Gasteiger charge is -2.14. The van der Waals surface area contributed by atoms with Gasteiger partial charge in [-0.2, -0.15) is 0 Å². The number of benzene rings is 1. The first-order chi connectivity index (χ1) is 7.00. The molecule has 3 N–H and O–H groups in total. The molecule has 0 aliphatic heterocycles. The Bertz CT molecular complexity index is 331. The zero-order valence-corrected chi connectivity index (χ0v) is 10.4.